The number of nitrogens with two attached hydrogens (primary N) is 1. The lowest BCUT2D eigenvalue weighted by Crippen LogP contribution is -2.21. The van der Waals surface area contributed by atoms with Gasteiger partial charge in [-0.15, -0.1) is 0 Å². The number of hydrogen-bond donors (Lipinski definition) is 1. The molecule has 2 heteroatoms. The van der Waals surface area contributed by atoms with E-state index in [-0.39, 0.29) is 6.23 Å². The van der Waals surface area contributed by atoms with Gasteiger partial charge in [0, 0.05) is 6.61 Å². The first-order valence-corrected chi connectivity index (χ1v) is 5.16. The van der Waals surface area contributed by atoms with Gasteiger partial charge in [-0.05, 0) is 19.3 Å². The lowest BCUT2D eigenvalue weighted by atomic mass is 9.87. The van der Waals surface area contributed by atoms with Gasteiger partial charge in [0.15, 0.2) is 0 Å². The third-order valence-electron chi connectivity index (χ3n) is 2.63. The average Bonchev–Trinajstić information content (AvgIpc) is 2.05. The minimum absolute atomic E-state index is 0.0893. The number of hydrogen-bond acceptors (Lipinski definition) is 2. The molecule has 1 fully saturated rings. The normalized spacial score (nSPS) is 22.5. The quantitative estimate of drug-likeness (QED) is 0.659. The van der Waals surface area contributed by atoms with Gasteiger partial charge in [-0.3, -0.25) is 0 Å². The highest BCUT2D eigenvalue weighted by molar-refractivity contribution is 4.65. The van der Waals surface area contributed by atoms with Gasteiger partial charge >= 0.3 is 0 Å². The van der Waals surface area contributed by atoms with Crippen LogP contribution in [-0.4, -0.2) is 12.8 Å². The summed E-state index contributed by atoms with van der Waals surface area (Å²) in [6, 6.07) is 0. The monoisotopic (exact) mass is 171 g/mol. The van der Waals surface area contributed by atoms with Gasteiger partial charge in [0.2, 0.25) is 0 Å². The molecule has 2 N–H and O–H groups in total. The van der Waals surface area contributed by atoms with Crippen LogP contribution >= 0.6 is 0 Å². The van der Waals surface area contributed by atoms with Crippen molar-refractivity contribution in [1.29, 1.82) is 0 Å². The van der Waals surface area contributed by atoms with E-state index in [0.29, 0.717) is 0 Å². The van der Waals surface area contributed by atoms with Crippen LogP contribution in [0.4, 0.5) is 0 Å². The summed E-state index contributed by atoms with van der Waals surface area (Å²) in [5.74, 6) is 0.914. The third kappa shape index (κ3) is 4.07. The fourth-order valence-corrected chi connectivity index (χ4v) is 1.90. The van der Waals surface area contributed by atoms with Crippen molar-refractivity contribution in [2.75, 3.05) is 6.61 Å². The van der Waals surface area contributed by atoms with Gasteiger partial charge in [0.25, 0.3) is 0 Å². The third-order valence-corrected chi connectivity index (χ3v) is 2.63. The van der Waals surface area contributed by atoms with Crippen LogP contribution in [0, 0.1) is 5.92 Å². The molecule has 0 bridgehead atoms. The molecule has 1 unspecified atom stereocenters. The molecule has 72 valence electrons. The molecule has 1 saturated carbocycles. The molecule has 0 aromatic rings. The molecule has 2 nitrogen and oxygen atoms in total. The lowest BCUT2D eigenvalue weighted by Gasteiger charge is -2.21. The Morgan fingerprint density at radius 1 is 1.33 bits per heavy atom. The molecular weight excluding hydrogens is 150 g/mol. The Balaban J connectivity index is 1.98. The Kier molecular flexibility index (Phi) is 4.62. The topological polar surface area (TPSA) is 35.2 Å². The Labute approximate surface area is 75.5 Å². The van der Waals surface area contributed by atoms with Crippen LogP contribution in [0.15, 0.2) is 0 Å². The molecule has 0 aliphatic heterocycles. The van der Waals surface area contributed by atoms with E-state index in [4.69, 9.17) is 10.5 Å². The summed E-state index contributed by atoms with van der Waals surface area (Å²) in [6.45, 7) is 2.74. The SMILES string of the molecule is CC(N)OCCC1CCCCC1. The zero-order valence-electron chi connectivity index (χ0n) is 8.09. The van der Waals surface area contributed by atoms with Gasteiger partial charge in [0.1, 0.15) is 6.23 Å². The first kappa shape index (κ1) is 10.0. The molecule has 0 saturated heterocycles. The summed E-state index contributed by atoms with van der Waals surface area (Å²) in [5.41, 5.74) is 5.49. The minimum Gasteiger partial charge on any atom is -0.364 e. The molecule has 0 radical (unpaired) electrons. The van der Waals surface area contributed by atoms with Crippen LogP contribution in [0.2, 0.25) is 0 Å². The molecule has 1 aliphatic rings. The van der Waals surface area contributed by atoms with Gasteiger partial charge in [0.05, 0.1) is 0 Å². The first-order valence-electron chi connectivity index (χ1n) is 5.16. The summed E-state index contributed by atoms with van der Waals surface area (Å²) < 4.78 is 5.32. The van der Waals surface area contributed by atoms with Crippen molar-refractivity contribution in [3.8, 4) is 0 Å². The van der Waals surface area contributed by atoms with Crippen LogP contribution in [0.3, 0.4) is 0 Å². The highest BCUT2D eigenvalue weighted by Gasteiger charge is 2.12. The Hall–Kier alpha value is -0.0800. The Bertz CT molecular complexity index is 108. The fraction of sp³-hybridized carbons (Fsp3) is 1.00. The Morgan fingerprint density at radius 2 is 2.00 bits per heavy atom. The second kappa shape index (κ2) is 5.55. The van der Waals surface area contributed by atoms with E-state index in [1.807, 2.05) is 6.92 Å². The summed E-state index contributed by atoms with van der Waals surface area (Å²) in [7, 11) is 0. The molecule has 1 atom stereocenters. The highest BCUT2D eigenvalue weighted by Crippen LogP contribution is 2.25. The van der Waals surface area contributed by atoms with Gasteiger partial charge in [-0.2, -0.15) is 0 Å². The van der Waals surface area contributed by atoms with Crippen LogP contribution in [0.25, 0.3) is 0 Å². The Morgan fingerprint density at radius 3 is 2.58 bits per heavy atom. The molecule has 12 heavy (non-hydrogen) atoms. The molecule has 0 aromatic carbocycles. The molecule has 0 amide bonds. The predicted molar refractivity (Wildman–Crippen MR) is 50.8 cm³/mol. The highest BCUT2D eigenvalue weighted by atomic mass is 16.5. The van der Waals surface area contributed by atoms with E-state index in [1.54, 1.807) is 0 Å². The number of rotatable bonds is 4. The van der Waals surface area contributed by atoms with Crippen molar-refractivity contribution in [2.24, 2.45) is 11.7 Å². The largest absolute Gasteiger partial charge is 0.364 e. The van der Waals surface area contributed by atoms with Gasteiger partial charge in [-0.25, -0.2) is 0 Å². The second-order valence-electron chi connectivity index (χ2n) is 3.87. The maximum Gasteiger partial charge on any atom is 0.102 e. The summed E-state index contributed by atoms with van der Waals surface area (Å²) in [4.78, 5) is 0. The van der Waals surface area contributed by atoms with E-state index in [9.17, 15) is 0 Å². The van der Waals surface area contributed by atoms with Crippen molar-refractivity contribution in [3.05, 3.63) is 0 Å². The maximum atomic E-state index is 5.49. The molecule has 0 spiro atoms. The fourth-order valence-electron chi connectivity index (χ4n) is 1.90. The predicted octanol–water partition coefficient (Wildman–Crippen LogP) is 2.28. The molecule has 0 heterocycles. The smallest absolute Gasteiger partial charge is 0.102 e. The lowest BCUT2D eigenvalue weighted by molar-refractivity contribution is 0.0574. The van der Waals surface area contributed by atoms with E-state index in [0.717, 1.165) is 12.5 Å². The van der Waals surface area contributed by atoms with E-state index >= 15 is 0 Å². The van der Waals surface area contributed by atoms with E-state index in [1.165, 1.54) is 38.5 Å². The summed E-state index contributed by atoms with van der Waals surface area (Å²) in [5, 5.41) is 0. The van der Waals surface area contributed by atoms with Crippen LogP contribution in [-0.2, 0) is 4.74 Å². The second-order valence-corrected chi connectivity index (χ2v) is 3.87. The number of ether oxygens (including phenoxy) is 1. The van der Waals surface area contributed by atoms with E-state index in [2.05, 4.69) is 0 Å². The van der Waals surface area contributed by atoms with Crippen molar-refractivity contribution in [3.63, 3.8) is 0 Å². The maximum absolute atomic E-state index is 5.49. The zero-order chi connectivity index (χ0) is 8.81. The molecule has 1 aliphatic carbocycles. The van der Waals surface area contributed by atoms with Crippen molar-refractivity contribution in [1.82, 2.24) is 0 Å². The van der Waals surface area contributed by atoms with Crippen LogP contribution in [0.5, 0.6) is 0 Å². The van der Waals surface area contributed by atoms with Crippen LogP contribution in [0.1, 0.15) is 45.4 Å². The summed E-state index contributed by atoms with van der Waals surface area (Å²) >= 11 is 0. The standard InChI is InChI=1S/C10H21NO/c1-9(11)12-8-7-10-5-3-2-4-6-10/h9-10H,2-8,11H2,1H3. The van der Waals surface area contributed by atoms with Gasteiger partial charge in [-0.1, -0.05) is 32.1 Å². The average molecular weight is 171 g/mol. The zero-order valence-corrected chi connectivity index (χ0v) is 8.09. The molecular formula is C10H21NO. The first-order chi connectivity index (χ1) is 5.79. The van der Waals surface area contributed by atoms with Gasteiger partial charge < -0.3 is 10.5 Å². The van der Waals surface area contributed by atoms with Crippen molar-refractivity contribution < 1.29 is 4.74 Å². The summed E-state index contributed by atoms with van der Waals surface area (Å²) in [6.07, 6.45) is 8.20. The van der Waals surface area contributed by atoms with Crippen LogP contribution < -0.4 is 5.73 Å². The van der Waals surface area contributed by atoms with E-state index < -0.39 is 0 Å². The molecule has 0 aromatic heterocycles. The van der Waals surface area contributed by atoms with Crippen molar-refractivity contribution in [2.45, 2.75) is 51.7 Å². The minimum atomic E-state index is -0.0893. The molecule has 1 rings (SSSR count). The van der Waals surface area contributed by atoms with Crippen molar-refractivity contribution >= 4 is 0 Å².